The molecule has 0 aliphatic rings. The third kappa shape index (κ3) is 6.55. The van der Waals surface area contributed by atoms with Crippen LogP contribution in [0, 0.1) is 5.82 Å². The smallest absolute Gasteiger partial charge is 0.254 e. The van der Waals surface area contributed by atoms with E-state index in [1.807, 2.05) is 32.9 Å². The molecule has 2 N–H and O–H groups in total. The molecular weight excluding hydrogens is 493 g/mol. The summed E-state index contributed by atoms with van der Waals surface area (Å²) in [6, 6.07) is 7.27. The number of anilines is 1. The molecule has 0 aliphatic carbocycles. The lowest BCUT2D eigenvalue weighted by molar-refractivity contribution is 0.0613. The van der Waals surface area contributed by atoms with Gasteiger partial charge in [-0.25, -0.2) is 24.3 Å². The van der Waals surface area contributed by atoms with E-state index in [0.29, 0.717) is 41.4 Å². The van der Waals surface area contributed by atoms with Gasteiger partial charge in [0.1, 0.15) is 18.8 Å². The Morgan fingerprint density at radius 2 is 1.81 bits per heavy atom. The molecule has 4 rings (SSSR count). The topological polar surface area (TPSA) is 115 Å². The number of ether oxygens (including phenoxy) is 1. The Labute approximate surface area is 221 Å². The molecule has 1 aromatic carbocycles. The van der Waals surface area contributed by atoms with Crippen molar-refractivity contribution in [1.29, 1.82) is 0 Å². The van der Waals surface area contributed by atoms with Gasteiger partial charge in [-0.2, -0.15) is 13.5 Å². The Balaban J connectivity index is 0.00000380. The molecule has 0 aliphatic heterocycles. The summed E-state index contributed by atoms with van der Waals surface area (Å²) in [6.45, 7) is 6.84. The average Bonchev–Trinajstić information content (AvgIpc) is 2.90. The molecule has 194 valence electrons. The van der Waals surface area contributed by atoms with Gasteiger partial charge in [0.05, 0.1) is 29.1 Å². The number of nitrogens with one attached hydrogen (secondary N) is 2. The van der Waals surface area contributed by atoms with Crippen LogP contribution in [0.15, 0.2) is 49.2 Å². The van der Waals surface area contributed by atoms with Gasteiger partial charge in [0, 0.05) is 48.9 Å². The number of hydrogen-bond acceptors (Lipinski definition) is 8. The van der Waals surface area contributed by atoms with E-state index in [1.54, 1.807) is 24.5 Å². The minimum atomic E-state index is -0.650. The van der Waals surface area contributed by atoms with Crippen LogP contribution >= 0.6 is 13.5 Å². The largest absolute Gasteiger partial charge is 0.371 e. The van der Waals surface area contributed by atoms with Gasteiger partial charge in [0.25, 0.3) is 5.91 Å². The molecule has 0 spiro atoms. The van der Waals surface area contributed by atoms with E-state index >= 15 is 0 Å². The predicted molar refractivity (Wildman–Crippen MR) is 145 cm³/mol. The van der Waals surface area contributed by atoms with Crippen molar-refractivity contribution < 1.29 is 13.9 Å². The van der Waals surface area contributed by atoms with Crippen LogP contribution in [0.1, 0.15) is 48.4 Å². The van der Waals surface area contributed by atoms with Crippen molar-refractivity contribution in [3.63, 3.8) is 0 Å². The summed E-state index contributed by atoms with van der Waals surface area (Å²) in [5, 5.41) is 6.30. The first-order valence-electron chi connectivity index (χ1n) is 11.6. The first kappa shape index (κ1) is 27.9. The lowest BCUT2D eigenvalue weighted by atomic mass is 9.96. The van der Waals surface area contributed by atoms with E-state index in [0.717, 1.165) is 17.3 Å². The van der Waals surface area contributed by atoms with Gasteiger partial charge in [-0.1, -0.05) is 25.1 Å². The van der Waals surface area contributed by atoms with E-state index < -0.39 is 11.7 Å². The minimum Gasteiger partial charge on any atom is -0.371 e. The van der Waals surface area contributed by atoms with Crippen molar-refractivity contribution in [2.24, 2.45) is 0 Å². The zero-order valence-corrected chi connectivity index (χ0v) is 22.1. The number of hydrogen-bond donors (Lipinski definition) is 2. The third-order valence-corrected chi connectivity index (χ3v) is 5.67. The summed E-state index contributed by atoms with van der Waals surface area (Å²) < 4.78 is 19.9. The molecular formula is C26H30FN7O2S. The maximum absolute atomic E-state index is 14.4. The zero-order chi connectivity index (χ0) is 25.7. The van der Waals surface area contributed by atoms with Crippen LogP contribution in [0.25, 0.3) is 22.2 Å². The van der Waals surface area contributed by atoms with Gasteiger partial charge in [0.15, 0.2) is 11.6 Å². The summed E-state index contributed by atoms with van der Waals surface area (Å²) in [6.07, 6.45) is 6.11. The van der Waals surface area contributed by atoms with E-state index in [-0.39, 0.29) is 31.1 Å². The zero-order valence-electron chi connectivity index (χ0n) is 21.1. The second-order valence-corrected chi connectivity index (χ2v) is 8.62. The third-order valence-electron chi connectivity index (χ3n) is 5.67. The molecule has 3 aromatic heterocycles. The van der Waals surface area contributed by atoms with Crippen LogP contribution in [0.5, 0.6) is 0 Å². The Hall–Kier alpha value is -3.70. The molecule has 0 fully saturated rings. The molecule has 3 heterocycles. The number of rotatable bonds is 9. The summed E-state index contributed by atoms with van der Waals surface area (Å²) >= 11 is 0. The van der Waals surface area contributed by atoms with Gasteiger partial charge in [-0.05, 0) is 19.4 Å². The number of aromatic nitrogens is 5. The van der Waals surface area contributed by atoms with Crippen LogP contribution in [0.4, 0.5) is 10.2 Å². The normalized spacial score (nSPS) is 11.7. The average molecular weight is 524 g/mol. The number of pyridine rings is 1. The van der Waals surface area contributed by atoms with Crippen LogP contribution in [0.2, 0.25) is 0 Å². The summed E-state index contributed by atoms with van der Waals surface area (Å²) in [4.78, 5) is 33.9. The highest BCUT2D eigenvalue weighted by atomic mass is 32.1. The predicted octanol–water partition coefficient (Wildman–Crippen LogP) is 4.23. The van der Waals surface area contributed by atoms with E-state index in [9.17, 15) is 9.18 Å². The second kappa shape index (κ2) is 12.5. The lowest BCUT2D eigenvalue weighted by Gasteiger charge is -2.17. The quantitative estimate of drug-likeness (QED) is 0.335. The van der Waals surface area contributed by atoms with E-state index in [2.05, 4.69) is 35.6 Å². The van der Waals surface area contributed by atoms with Crippen molar-refractivity contribution >= 4 is 36.1 Å². The molecule has 1 atom stereocenters. The van der Waals surface area contributed by atoms with Gasteiger partial charge in [0.2, 0.25) is 0 Å². The van der Waals surface area contributed by atoms with Crippen LogP contribution in [-0.4, -0.2) is 50.5 Å². The van der Waals surface area contributed by atoms with E-state index in [1.165, 1.54) is 13.4 Å². The lowest BCUT2D eigenvalue weighted by Crippen LogP contribution is -2.20. The van der Waals surface area contributed by atoms with Crippen molar-refractivity contribution in [3.05, 3.63) is 72.0 Å². The van der Waals surface area contributed by atoms with Gasteiger partial charge < -0.3 is 15.4 Å². The highest BCUT2D eigenvalue weighted by Crippen LogP contribution is 2.28. The fourth-order valence-electron chi connectivity index (χ4n) is 3.76. The maximum atomic E-state index is 14.4. The van der Waals surface area contributed by atoms with Crippen LogP contribution in [-0.2, 0) is 11.3 Å². The van der Waals surface area contributed by atoms with E-state index in [4.69, 9.17) is 4.74 Å². The number of halogens is 1. The fourth-order valence-corrected chi connectivity index (χ4v) is 3.76. The number of carbonyl (C=O) groups excluding carboxylic acids is 1. The number of amides is 1. The van der Waals surface area contributed by atoms with Gasteiger partial charge in [-0.15, -0.1) is 0 Å². The standard InChI is InChI=1S/C26H28FN7O2.H2S/c1-15(2)36-13-23-30-10-17(11-31-23)21-8-22(34-14-33-21)29-9-16(3)18-6-5-7-19-24(26(35)28-4)20(27)12-32-25(18)19;/h5-8,10-12,14-16H,9,13H2,1-4H3,(H,28,35)(H,29,33,34);1H2/t16-;/m1./s1. The van der Waals surface area contributed by atoms with Gasteiger partial charge >= 0.3 is 0 Å². The van der Waals surface area contributed by atoms with Crippen LogP contribution in [0.3, 0.4) is 0 Å². The molecule has 0 radical (unpaired) electrons. The molecule has 4 aromatic rings. The monoisotopic (exact) mass is 523 g/mol. The molecule has 37 heavy (non-hydrogen) atoms. The summed E-state index contributed by atoms with van der Waals surface area (Å²) in [7, 11) is 1.47. The second-order valence-electron chi connectivity index (χ2n) is 8.62. The minimum absolute atomic E-state index is 0. The Kier molecular flexibility index (Phi) is 9.42. The molecule has 0 saturated heterocycles. The number of carbonyl (C=O) groups is 1. The molecule has 0 bridgehead atoms. The molecule has 1 amide bonds. The summed E-state index contributed by atoms with van der Waals surface area (Å²) in [5.41, 5.74) is 2.94. The molecule has 0 unspecified atom stereocenters. The summed E-state index contributed by atoms with van der Waals surface area (Å²) in [5.74, 6) is 0.107. The number of fused-ring (bicyclic) bond motifs is 1. The number of nitrogens with zero attached hydrogens (tertiary/aromatic N) is 5. The Morgan fingerprint density at radius 3 is 2.51 bits per heavy atom. The van der Waals surface area contributed by atoms with Crippen molar-refractivity contribution in [2.75, 3.05) is 18.9 Å². The highest BCUT2D eigenvalue weighted by molar-refractivity contribution is 7.59. The van der Waals surface area contributed by atoms with Gasteiger partial charge in [-0.3, -0.25) is 9.78 Å². The Morgan fingerprint density at radius 1 is 1.05 bits per heavy atom. The van der Waals surface area contributed by atoms with Crippen molar-refractivity contribution in [3.8, 4) is 11.3 Å². The number of benzene rings is 1. The fraction of sp³-hybridized carbons (Fsp3) is 0.308. The molecule has 11 heteroatoms. The number of para-hydroxylation sites is 1. The first-order chi connectivity index (χ1) is 17.4. The maximum Gasteiger partial charge on any atom is 0.254 e. The molecule has 0 saturated carbocycles. The first-order valence-corrected chi connectivity index (χ1v) is 11.6. The SMILES string of the molecule is CNC(=O)c1c(F)cnc2c([C@H](C)CNc3cc(-c4cnc(COC(C)C)nc4)ncn3)cccc12.S. The Bertz CT molecular complexity index is 1370. The van der Waals surface area contributed by atoms with Crippen molar-refractivity contribution in [1.82, 2.24) is 30.2 Å². The highest BCUT2D eigenvalue weighted by Gasteiger charge is 2.19. The molecule has 9 nitrogen and oxygen atoms in total. The van der Waals surface area contributed by atoms with Crippen molar-refractivity contribution in [2.45, 2.75) is 39.4 Å². The van der Waals surface area contributed by atoms with Crippen LogP contribution < -0.4 is 10.6 Å².